The monoisotopic (exact) mass is 404 g/mol. The first-order valence-electron chi connectivity index (χ1n) is 8.44. The fraction of sp³-hybridized carbons (Fsp3) is 0.200. The van der Waals surface area contributed by atoms with Crippen LogP contribution in [0.15, 0.2) is 54.7 Å². The van der Waals surface area contributed by atoms with Gasteiger partial charge < -0.3 is 14.8 Å². The second-order valence-corrected chi connectivity index (χ2v) is 6.62. The molecule has 0 bridgehead atoms. The van der Waals surface area contributed by atoms with Crippen molar-refractivity contribution in [3.8, 4) is 5.75 Å². The molecular weight excluding hydrogens is 387 g/mol. The summed E-state index contributed by atoms with van der Waals surface area (Å²) in [5.74, 6) is 0.633. The highest BCUT2D eigenvalue weighted by Crippen LogP contribution is 2.33. The van der Waals surface area contributed by atoms with E-state index in [1.165, 1.54) is 0 Å². The quantitative estimate of drug-likeness (QED) is 0.547. The lowest BCUT2D eigenvalue weighted by molar-refractivity contribution is 0.139. The molecule has 7 heteroatoms. The zero-order chi connectivity index (χ0) is 19.1. The fourth-order valence-corrected chi connectivity index (χ4v) is 3.09. The van der Waals surface area contributed by atoms with Gasteiger partial charge >= 0.3 is 6.09 Å². The van der Waals surface area contributed by atoms with Gasteiger partial charge in [-0.2, -0.15) is 0 Å². The van der Waals surface area contributed by atoms with Gasteiger partial charge in [0.25, 0.3) is 0 Å². The molecule has 0 aliphatic carbocycles. The van der Waals surface area contributed by atoms with Crippen molar-refractivity contribution >= 4 is 40.2 Å². The molecule has 1 amide bonds. The van der Waals surface area contributed by atoms with E-state index in [1.54, 1.807) is 24.4 Å². The highest BCUT2D eigenvalue weighted by molar-refractivity contribution is 6.39. The van der Waals surface area contributed by atoms with Crippen LogP contribution in [-0.4, -0.2) is 24.2 Å². The van der Waals surface area contributed by atoms with Crippen molar-refractivity contribution < 1.29 is 14.3 Å². The van der Waals surface area contributed by atoms with Gasteiger partial charge in [-0.15, -0.1) is 0 Å². The van der Waals surface area contributed by atoms with E-state index in [0.29, 0.717) is 40.9 Å². The number of nitrogens with one attached hydrogen (secondary N) is 1. The van der Waals surface area contributed by atoms with Crippen LogP contribution in [0.5, 0.6) is 5.75 Å². The van der Waals surface area contributed by atoms with Gasteiger partial charge in [-0.25, -0.2) is 4.79 Å². The van der Waals surface area contributed by atoms with Gasteiger partial charge in [-0.3, -0.25) is 4.98 Å². The van der Waals surface area contributed by atoms with Crippen molar-refractivity contribution in [2.24, 2.45) is 0 Å². The summed E-state index contributed by atoms with van der Waals surface area (Å²) in [4.78, 5) is 15.9. The van der Waals surface area contributed by atoms with Crippen molar-refractivity contribution in [1.29, 1.82) is 0 Å². The first kappa shape index (κ1) is 19.3. The molecule has 0 aliphatic rings. The second-order valence-electron chi connectivity index (χ2n) is 5.78. The SMILES string of the molecule is O=C(NCCCOc1ccnc2cc(Cl)cc(Cl)c12)OCc1ccccc1. The average molecular weight is 405 g/mol. The maximum Gasteiger partial charge on any atom is 0.407 e. The summed E-state index contributed by atoms with van der Waals surface area (Å²) in [7, 11) is 0. The Hall–Kier alpha value is -2.50. The number of rotatable bonds is 7. The molecule has 0 unspecified atom stereocenters. The van der Waals surface area contributed by atoms with Crippen molar-refractivity contribution in [1.82, 2.24) is 10.3 Å². The topological polar surface area (TPSA) is 60.5 Å². The minimum absolute atomic E-state index is 0.243. The smallest absolute Gasteiger partial charge is 0.407 e. The molecule has 3 rings (SSSR count). The zero-order valence-corrected chi connectivity index (χ0v) is 16.0. The van der Waals surface area contributed by atoms with Crippen molar-refractivity contribution in [3.05, 3.63) is 70.3 Å². The van der Waals surface area contributed by atoms with Crippen LogP contribution in [0.3, 0.4) is 0 Å². The summed E-state index contributed by atoms with van der Waals surface area (Å²) < 4.78 is 10.9. The highest BCUT2D eigenvalue weighted by Gasteiger charge is 2.09. The van der Waals surface area contributed by atoms with Crippen molar-refractivity contribution in [2.45, 2.75) is 13.0 Å². The van der Waals surface area contributed by atoms with E-state index in [-0.39, 0.29) is 6.61 Å². The molecule has 0 spiro atoms. The fourth-order valence-electron chi connectivity index (χ4n) is 2.51. The number of carbonyl (C=O) groups excluding carboxylic acids is 1. The molecule has 27 heavy (non-hydrogen) atoms. The number of alkyl carbamates (subject to hydrolysis) is 1. The van der Waals surface area contributed by atoms with Gasteiger partial charge in [0.15, 0.2) is 0 Å². The molecule has 0 saturated carbocycles. The molecular formula is C20H18Cl2N2O3. The molecule has 0 radical (unpaired) electrons. The molecule has 1 aromatic heterocycles. The Kier molecular flexibility index (Phi) is 6.74. The number of fused-ring (bicyclic) bond motifs is 1. The third-order valence-corrected chi connectivity index (χ3v) is 4.30. The van der Waals surface area contributed by atoms with Gasteiger partial charge in [0, 0.05) is 17.8 Å². The van der Waals surface area contributed by atoms with Crippen molar-refractivity contribution in [2.75, 3.05) is 13.2 Å². The maximum atomic E-state index is 11.7. The van der Waals surface area contributed by atoms with Gasteiger partial charge in [0.05, 0.1) is 22.5 Å². The predicted molar refractivity (Wildman–Crippen MR) is 107 cm³/mol. The molecule has 140 valence electrons. The van der Waals surface area contributed by atoms with Crippen LogP contribution in [0.25, 0.3) is 10.9 Å². The zero-order valence-electron chi connectivity index (χ0n) is 14.5. The van der Waals surface area contributed by atoms with E-state index in [1.807, 2.05) is 30.3 Å². The first-order chi connectivity index (χ1) is 13.1. The summed E-state index contributed by atoms with van der Waals surface area (Å²) in [6.45, 7) is 1.10. The summed E-state index contributed by atoms with van der Waals surface area (Å²) in [6, 6.07) is 14.7. The Morgan fingerprint density at radius 2 is 1.93 bits per heavy atom. The number of ether oxygens (including phenoxy) is 2. The molecule has 0 saturated heterocycles. The molecule has 0 fully saturated rings. The Balaban J connectivity index is 1.43. The number of pyridine rings is 1. The number of halogens is 2. The third kappa shape index (κ3) is 5.49. The third-order valence-electron chi connectivity index (χ3n) is 3.78. The molecule has 0 atom stereocenters. The van der Waals surface area contributed by atoms with Gasteiger partial charge in [-0.1, -0.05) is 53.5 Å². The van der Waals surface area contributed by atoms with E-state index < -0.39 is 6.09 Å². The van der Waals surface area contributed by atoms with Crippen LogP contribution in [0.2, 0.25) is 10.0 Å². The van der Waals surface area contributed by atoms with Crippen LogP contribution in [0.1, 0.15) is 12.0 Å². The maximum absolute atomic E-state index is 11.7. The number of hydrogen-bond donors (Lipinski definition) is 1. The number of aromatic nitrogens is 1. The molecule has 3 aromatic rings. The van der Waals surface area contributed by atoms with Crippen molar-refractivity contribution in [3.63, 3.8) is 0 Å². The lowest BCUT2D eigenvalue weighted by Gasteiger charge is -2.11. The predicted octanol–water partition coefficient (Wildman–Crippen LogP) is 5.24. The number of benzene rings is 2. The Labute approximate surface area is 167 Å². The second kappa shape index (κ2) is 9.44. The van der Waals surface area contributed by atoms with E-state index in [2.05, 4.69) is 10.3 Å². The normalized spacial score (nSPS) is 10.6. The molecule has 5 nitrogen and oxygen atoms in total. The van der Waals surface area contributed by atoms with E-state index >= 15 is 0 Å². The average Bonchev–Trinajstić information content (AvgIpc) is 2.66. The van der Waals surface area contributed by atoms with E-state index in [9.17, 15) is 4.79 Å². The summed E-state index contributed by atoms with van der Waals surface area (Å²) in [5.41, 5.74) is 1.62. The lowest BCUT2D eigenvalue weighted by Crippen LogP contribution is -2.26. The number of carbonyl (C=O) groups is 1. The van der Waals surface area contributed by atoms with E-state index in [0.717, 1.165) is 10.9 Å². The minimum Gasteiger partial charge on any atom is -0.493 e. The van der Waals surface area contributed by atoms with Crippen LogP contribution >= 0.6 is 23.2 Å². The van der Waals surface area contributed by atoms with Crippen LogP contribution < -0.4 is 10.1 Å². The molecule has 2 aromatic carbocycles. The molecule has 1 N–H and O–H groups in total. The van der Waals surface area contributed by atoms with Gasteiger partial charge in [0.2, 0.25) is 0 Å². The minimum atomic E-state index is -0.453. The van der Waals surface area contributed by atoms with Crippen LogP contribution in [-0.2, 0) is 11.3 Å². The summed E-state index contributed by atoms with van der Waals surface area (Å²) in [6.07, 6.45) is 1.81. The van der Waals surface area contributed by atoms with Crippen LogP contribution in [0, 0.1) is 0 Å². The Morgan fingerprint density at radius 1 is 1.11 bits per heavy atom. The van der Waals surface area contributed by atoms with Gasteiger partial charge in [0.1, 0.15) is 12.4 Å². The number of nitrogens with zero attached hydrogens (tertiary/aromatic N) is 1. The van der Waals surface area contributed by atoms with Crippen LogP contribution in [0.4, 0.5) is 4.79 Å². The number of amides is 1. The van der Waals surface area contributed by atoms with E-state index in [4.69, 9.17) is 32.7 Å². The largest absolute Gasteiger partial charge is 0.493 e. The lowest BCUT2D eigenvalue weighted by atomic mass is 10.2. The standard InChI is InChI=1S/C20H18Cl2N2O3/c21-15-11-16(22)19-17(12-15)23-9-7-18(19)26-10-4-8-24-20(25)27-13-14-5-2-1-3-6-14/h1-3,5-7,9,11-12H,4,8,10,13H2,(H,24,25). The van der Waals surface area contributed by atoms with Gasteiger partial charge in [-0.05, 0) is 30.2 Å². The Bertz CT molecular complexity index is 920. The highest BCUT2D eigenvalue weighted by atomic mass is 35.5. The molecule has 0 aliphatic heterocycles. The first-order valence-corrected chi connectivity index (χ1v) is 9.20. The Morgan fingerprint density at radius 3 is 2.74 bits per heavy atom. The molecule has 1 heterocycles. The summed E-state index contributed by atoms with van der Waals surface area (Å²) >= 11 is 12.3. The number of hydrogen-bond acceptors (Lipinski definition) is 4. The summed E-state index contributed by atoms with van der Waals surface area (Å²) in [5, 5.41) is 4.43.